The van der Waals surface area contributed by atoms with Crippen LogP contribution in [0.3, 0.4) is 0 Å². The topological polar surface area (TPSA) is 75.4 Å². The molecule has 1 aromatic rings. The molecule has 102 valence electrons. The summed E-state index contributed by atoms with van der Waals surface area (Å²) in [6.45, 7) is 0.686. The van der Waals surface area contributed by atoms with E-state index in [1.165, 1.54) is 16.2 Å². The largest absolute Gasteiger partial charge is 0.359 e. The van der Waals surface area contributed by atoms with E-state index in [-0.39, 0.29) is 11.8 Å². The van der Waals surface area contributed by atoms with Gasteiger partial charge in [-0.25, -0.2) is 0 Å². The first kappa shape index (κ1) is 15.2. The summed E-state index contributed by atoms with van der Waals surface area (Å²) in [4.78, 5) is 25.5. The van der Waals surface area contributed by atoms with Gasteiger partial charge in [0.25, 0.3) is 5.91 Å². The van der Waals surface area contributed by atoms with Crippen molar-refractivity contribution in [1.29, 1.82) is 0 Å². The number of thiophene rings is 1. The molecule has 0 unspecified atom stereocenters. The van der Waals surface area contributed by atoms with E-state index < -0.39 is 0 Å². The lowest BCUT2D eigenvalue weighted by atomic mass is 10.2. The predicted octanol–water partition coefficient (Wildman–Crippen LogP) is 0.266. The van der Waals surface area contributed by atoms with Crippen LogP contribution in [-0.4, -0.2) is 43.9 Å². The van der Waals surface area contributed by atoms with E-state index in [4.69, 9.17) is 5.73 Å². The van der Waals surface area contributed by atoms with E-state index in [9.17, 15) is 9.59 Å². The van der Waals surface area contributed by atoms with Gasteiger partial charge in [0.05, 0.1) is 17.0 Å². The fourth-order valence-corrected chi connectivity index (χ4v) is 2.12. The van der Waals surface area contributed by atoms with Gasteiger partial charge >= 0.3 is 0 Å². The molecule has 1 heterocycles. The first-order valence-corrected chi connectivity index (χ1v) is 6.70. The molecule has 0 saturated heterocycles. The Morgan fingerprint density at radius 1 is 1.53 bits per heavy atom. The number of nitrogens with zero attached hydrogens (tertiary/aromatic N) is 1. The molecule has 0 spiro atoms. The molecular weight excluding hydrogens is 262 g/mol. The third-order valence-electron chi connectivity index (χ3n) is 2.46. The van der Waals surface area contributed by atoms with Crippen LogP contribution in [0.1, 0.15) is 21.7 Å². The molecule has 0 fully saturated rings. The molecule has 0 aromatic carbocycles. The van der Waals surface area contributed by atoms with Crippen LogP contribution in [-0.2, 0) is 4.79 Å². The molecule has 0 aliphatic carbocycles. The van der Waals surface area contributed by atoms with Crippen molar-refractivity contribution in [3.05, 3.63) is 21.9 Å². The van der Waals surface area contributed by atoms with Crippen LogP contribution in [0.25, 0.3) is 0 Å². The van der Waals surface area contributed by atoms with Gasteiger partial charge in [-0.2, -0.15) is 0 Å². The third-order valence-corrected chi connectivity index (χ3v) is 3.31. The fraction of sp³-hybridized carbons (Fsp3) is 0.385. The molecule has 19 heavy (non-hydrogen) atoms. The number of hydrogen-bond donors (Lipinski definition) is 2. The van der Waals surface area contributed by atoms with Crippen molar-refractivity contribution in [3.63, 3.8) is 0 Å². The Labute approximate surface area is 116 Å². The van der Waals surface area contributed by atoms with E-state index >= 15 is 0 Å². The summed E-state index contributed by atoms with van der Waals surface area (Å²) in [7, 11) is 3.25. The fourth-order valence-electron chi connectivity index (χ4n) is 1.37. The monoisotopic (exact) mass is 279 g/mol. The molecule has 5 nitrogen and oxygen atoms in total. The first-order chi connectivity index (χ1) is 9.08. The quantitative estimate of drug-likeness (QED) is 0.777. The van der Waals surface area contributed by atoms with E-state index in [0.29, 0.717) is 25.1 Å². The Kier molecular flexibility index (Phi) is 6.06. The minimum absolute atomic E-state index is 0.0838. The van der Waals surface area contributed by atoms with Crippen molar-refractivity contribution >= 4 is 23.2 Å². The molecule has 2 amide bonds. The molecule has 0 aliphatic rings. The lowest BCUT2D eigenvalue weighted by Crippen LogP contribution is -2.31. The van der Waals surface area contributed by atoms with Crippen molar-refractivity contribution in [3.8, 4) is 11.8 Å². The van der Waals surface area contributed by atoms with Gasteiger partial charge < -0.3 is 16.0 Å². The molecule has 0 atom stereocenters. The summed E-state index contributed by atoms with van der Waals surface area (Å²) >= 11 is 1.41. The molecular formula is C13H17N3O2S. The SMILES string of the molecule is CNC(=O)CCN(C)C(=O)c1csc(C#CCN)c1. The summed E-state index contributed by atoms with van der Waals surface area (Å²) in [5.74, 6) is 5.44. The lowest BCUT2D eigenvalue weighted by molar-refractivity contribution is -0.120. The summed E-state index contributed by atoms with van der Waals surface area (Å²) in [5.41, 5.74) is 5.88. The van der Waals surface area contributed by atoms with E-state index in [0.717, 1.165) is 4.88 Å². The normalized spacial score (nSPS) is 9.42. The van der Waals surface area contributed by atoms with E-state index in [1.807, 2.05) is 0 Å². The third kappa shape index (κ3) is 4.73. The van der Waals surface area contributed by atoms with Crippen LogP contribution < -0.4 is 11.1 Å². The number of carbonyl (C=O) groups excluding carboxylic acids is 2. The van der Waals surface area contributed by atoms with Gasteiger partial charge in [-0.1, -0.05) is 11.8 Å². The zero-order chi connectivity index (χ0) is 14.3. The van der Waals surface area contributed by atoms with Crippen LogP contribution >= 0.6 is 11.3 Å². The van der Waals surface area contributed by atoms with Gasteiger partial charge in [0.15, 0.2) is 0 Å². The summed E-state index contributed by atoms with van der Waals surface area (Å²) in [5, 5.41) is 4.28. The first-order valence-electron chi connectivity index (χ1n) is 5.82. The van der Waals surface area contributed by atoms with Gasteiger partial charge in [0.2, 0.25) is 5.91 Å². The smallest absolute Gasteiger partial charge is 0.254 e. The molecule has 3 N–H and O–H groups in total. The Balaban J connectivity index is 2.61. The van der Waals surface area contributed by atoms with Crippen LogP contribution in [0.5, 0.6) is 0 Å². The number of nitrogens with one attached hydrogen (secondary N) is 1. The predicted molar refractivity (Wildman–Crippen MR) is 75.9 cm³/mol. The highest BCUT2D eigenvalue weighted by molar-refractivity contribution is 7.10. The number of carbonyl (C=O) groups is 2. The van der Waals surface area contributed by atoms with E-state index in [1.54, 1.807) is 25.5 Å². The van der Waals surface area contributed by atoms with Gasteiger partial charge in [-0.05, 0) is 6.07 Å². The second kappa shape index (κ2) is 7.56. The molecule has 6 heteroatoms. The number of amides is 2. The number of hydrogen-bond acceptors (Lipinski definition) is 4. The van der Waals surface area contributed by atoms with Crippen LogP contribution in [0.15, 0.2) is 11.4 Å². The van der Waals surface area contributed by atoms with Crippen LogP contribution in [0.4, 0.5) is 0 Å². The average molecular weight is 279 g/mol. The second-order valence-corrected chi connectivity index (χ2v) is 4.77. The number of rotatable bonds is 4. The molecule has 0 aliphatic heterocycles. The minimum Gasteiger partial charge on any atom is -0.359 e. The van der Waals surface area contributed by atoms with Crippen LogP contribution in [0.2, 0.25) is 0 Å². The zero-order valence-electron chi connectivity index (χ0n) is 11.0. The van der Waals surface area contributed by atoms with Crippen LogP contribution in [0, 0.1) is 11.8 Å². The average Bonchev–Trinajstić information content (AvgIpc) is 2.89. The van der Waals surface area contributed by atoms with Crippen molar-refractivity contribution < 1.29 is 9.59 Å². The van der Waals surface area contributed by atoms with Crippen molar-refractivity contribution in [2.75, 3.05) is 27.2 Å². The molecule has 0 bridgehead atoms. The highest BCUT2D eigenvalue weighted by atomic mass is 32.1. The highest BCUT2D eigenvalue weighted by Crippen LogP contribution is 2.15. The maximum atomic E-state index is 12.1. The zero-order valence-corrected chi connectivity index (χ0v) is 11.8. The standard InChI is InChI=1S/C13H17N3O2S/c1-15-12(17)5-7-16(2)13(18)10-8-11(19-9-10)4-3-6-14/h8-9H,5-7,14H2,1-2H3,(H,15,17). The Morgan fingerprint density at radius 2 is 2.26 bits per heavy atom. The maximum absolute atomic E-state index is 12.1. The number of nitrogens with two attached hydrogens (primary N) is 1. The van der Waals surface area contributed by atoms with Gasteiger partial charge in [0.1, 0.15) is 0 Å². The van der Waals surface area contributed by atoms with Gasteiger partial charge in [0, 0.05) is 32.4 Å². The van der Waals surface area contributed by atoms with Crippen molar-refractivity contribution in [2.24, 2.45) is 5.73 Å². The summed E-state index contributed by atoms with van der Waals surface area (Å²) in [6.07, 6.45) is 0.294. The maximum Gasteiger partial charge on any atom is 0.254 e. The van der Waals surface area contributed by atoms with Gasteiger partial charge in [-0.3, -0.25) is 9.59 Å². The lowest BCUT2D eigenvalue weighted by Gasteiger charge is -2.15. The second-order valence-electron chi connectivity index (χ2n) is 3.86. The molecule has 1 rings (SSSR count). The Bertz CT molecular complexity index is 513. The molecule has 1 aromatic heterocycles. The van der Waals surface area contributed by atoms with E-state index in [2.05, 4.69) is 17.2 Å². The Morgan fingerprint density at radius 3 is 2.89 bits per heavy atom. The minimum atomic E-state index is -0.110. The highest BCUT2D eigenvalue weighted by Gasteiger charge is 2.14. The van der Waals surface area contributed by atoms with Crippen molar-refractivity contribution in [1.82, 2.24) is 10.2 Å². The van der Waals surface area contributed by atoms with Crippen molar-refractivity contribution in [2.45, 2.75) is 6.42 Å². The molecule has 0 saturated carbocycles. The summed E-state index contributed by atoms with van der Waals surface area (Å²) < 4.78 is 0. The summed E-state index contributed by atoms with van der Waals surface area (Å²) in [6, 6.07) is 1.74. The Hall–Kier alpha value is -1.84. The molecule has 0 radical (unpaired) electrons. The van der Waals surface area contributed by atoms with Gasteiger partial charge in [-0.15, -0.1) is 11.3 Å².